The van der Waals surface area contributed by atoms with Crippen LogP contribution in [0.1, 0.15) is 22.7 Å². The van der Waals surface area contributed by atoms with E-state index < -0.39 is 0 Å². The molecular formula is C21H20N2O2. The van der Waals surface area contributed by atoms with Crippen LogP contribution in [0.4, 0.5) is 0 Å². The van der Waals surface area contributed by atoms with Gasteiger partial charge in [-0.25, -0.2) is 0 Å². The summed E-state index contributed by atoms with van der Waals surface area (Å²) in [6.45, 7) is 0.803. The molecule has 0 saturated carbocycles. The van der Waals surface area contributed by atoms with Crippen LogP contribution in [0.25, 0.3) is 0 Å². The van der Waals surface area contributed by atoms with Gasteiger partial charge >= 0.3 is 0 Å². The summed E-state index contributed by atoms with van der Waals surface area (Å²) in [5.74, 6) is -0.527. The highest BCUT2D eigenvalue weighted by Crippen LogP contribution is 2.52. The van der Waals surface area contributed by atoms with Crippen LogP contribution in [0.2, 0.25) is 0 Å². The molecule has 3 heterocycles. The van der Waals surface area contributed by atoms with Crippen LogP contribution in [0.5, 0.6) is 0 Å². The molecule has 2 amide bonds. The predicted octanol–water partition coefficient (Wildman–Crippen LogP) is 2.40. The zero-order valence-corrected chi connectivity index (χ0v) is 14.1. The number of benzene rings is 2. The zero-order chi connectivity index (χ0) is 17.1. The Morgan fingerprint density at radius 2 is 1.48 bits per heavy atom. The fourth-order valence-corrected chi connectivity index (χ4v) is 5.06. The minimum atomic E-state index is -0.265. The van der Waals surface area contributed by atoms with E-state index in [2.05, 4.69) is 41.3 Å². The van der Waals surface area contributed by atoms with Gasteiger partial charge in [-0.2, -0.15) is 0 Å². The molecule has 2 saturated heterocycles. The van der Waals surface area contributed by atoms with Crippen molar-refractivity contribution >= 4 is 11.8 Å². The highest BCUT2D eigenvalue weighted by molar-refractivity contribution is 6.06. The Morgan fingerprint density at radius 3 is 2.24 bits per heavy atom. The van der Waals surface area contributed by atoms with E-state index in [1.807, 2.05) is 18.2 Å². The minimum Gasteiger partial charge on any atom is -0.287 e. The number of hydrogen-bond donors (Lipinski definition) is 0. The van der Waals surface area contributed by atoms with Crippen LogP contribution in [0.15, 0.2) is 54.6 Å². The summed E-state index contributed by atoms with van der Waals surface area (Å²) < 4.78 is 0. The van der Waals surface area contributed by atoms with Crippen molar-refractivity contribution in [1.82, 2.24) is 9.80 Å². The van der Waals surface area contributed by atoms with E-state index in [-0.39, 0.29) is 35.7 Å². The Hall–Kier alpha value is -2.46. The molecule has 4 heteroatoms. The zero-order valence-electron chi connectivity index (χ0n) is 14.1. The number of likely N-dealkylation sites (tertiary alicyclic amines) is 1. The van der Waals surface area contributed by atoms with Crippen molar-refractivity contribution in [2.24, 2.45) is 11.8 Å². The summed E-state index contributed by atoms with van der Waals surface area (Å²) in [5.41, 5.74) is 3.76. The highest BCUT2D eigenvalue weighted by atomic mass is 16.2. The lowest BCUT2D eigenvalue weighted by Crippen LogP contribution is -2.43. The van der Waals surface area contributed by atoms with Crippen molar-refractivity contribution in [3.8, 4) is 0 Å². The smallest absolute Gasteiger partial charge is 0.234 e. The monoisotopic (exact) mass is 332 g/mol. The molecule has 25 heavy (non-hydrogen) atoms. The molecule has 0 radical (unpaired) electrons. The summed E-state index contributed by atoms with van der Waals surface area (Å²) in [4.78, 5) is 29.4. The second-order valence-electron chi connectivity index (χ2n) is 7.36. The lowest BCUT2D eigenvalue weighted by molar-refractivity contribution is -0.140. The molecule has 0 aliphatic carbocycles. The van der Waals surface area contributed by atoms with Gasteiger partial charge in [0.15, 0.2) is 0 Å². The lowest BCUT2D eigenvalue weighted by Gasteiger charge is -2.37. The minimum absolute atomic E-state index is 0.0113. The third-order valence-corrected chi connectivity index (χ3v) is 6.20. The van der Waals surface area contributed by atoms with Gasteiger partial charge in [-0.1, -0.05) is 54.6 Å². The number of nitrogens with zero attached hydrogens (tertiary/aromatic N) is 2. The number of fused-ring (bicyclic) bond motifs is 4. The van der Waals surface area contributed by atoms with Crippen LogP contribution in [0.3, 0.4) is 0 Å². The van der Waals surface area contributed by atoms with E-state index in [0.717, 1.165) is 18.5 Å². The summed E-state index contributed by atoms with van der Waals surface area (Å²) in [6, 6.07) is 18.7. The van der Waals surface area contributed by atoms with Gasteiger partial charge in [0.1, 0.15) is 0 Å². The van der Waals surface area contributed by atoms with E-state index in [4.69, 9.17) is 0 Å². The fraction of sp³-hybridized carbons (Fsp3) is 0.333. The first-order valence-corrected chi connectivity index (χ1v) is 8.85. The average Bonchev–Trinajstić information content (AvgIpc) is 3.09. The molecule has 0 bridgehead atoms. The number of rotatable bonds is 1. The molecular weight excluding hydrogens is 312 g/mol. The largest absolute Gasteiger partial charge is 0.287 e. The molecule has 2 aromatic carbocycles. The number of imide groups is 1. The summed E-state index contributed by atoms with van der Waals surface area (Å²) in [5, 5.41) is 0. The molecule has 0 spiro atoms. The average molecular weight is 332 g/mol. The fourth-order valence-electron chi connectivity index (χ4n) is 5.06. The van der Waals surface area contributed by atoms with E-state index in [9.17, 15) is 9.59 Å². The highest BCUT2D eigenvalue weighted by Gasteiger charge is 2.61. The molecule has 5 rings (SSSR count). The van der Waals surface area contributed by atoms with E-state index in [0.29, 0.717) is 0 Å². The van der Waals surface area contributed by atoms with E-state index in [1.54, 1.807) is 7.05 Å². The van der Waals surface area contributed by atoms with Gasteiger partial charge in [-0.15, -0.1) is 0 Å². The van der Waals surface area contributed by atoms with Crippen molar-refractivity contribution in [2.45, 2.75) is 25.0 Å². The number of carbonyl (C=O) groups excluding carboxylic acids is 2. The topological polar surface area (TPSA) is 40.6 Å². The van der Waals surface area contributed by atoms with Crippen molar-refractivity contribution in [1.29, 1.82) is 0 Å². The summed E-state index contributed by atoms with van der Waals surface area (Å²) in [6.07, 6.45) is 0.841. The number of hydrogen-bond acceptors (Lipinski definition) is 3. The normalized spacial score (nSPS) is 31.0. The first kappa shape index (κ1) is 14.8. The van der Waals surface area contributed by atoms with E-state index in [1.165, 1.54) is 16.0 Å². The van der Waals surface area contributed by atoms with Gasteiger partial charge in [-0.3, -0.25) is 19.4 Å². The molecule has 2 unspecified atom stereocenters. The molecule has 3 aliphatic rings. The van der Waals surface area contributed by atoms with Crippen molar-refractivity contribution in [2.75, 3.05) is 7.05 Å². The Balaban J connectivity index is 1.65. The Morgan fingerprint density at radius 1 is 0.840 bits per heavy atom. The molecule has 0 aromatic heterocycles. The van der Waals surface area contributed by atoms with Gasteiger partial charge in [0.05, 0.1) is 11.8 Å². The molecule has 3 aliphatic heterocycles. The van der Waals surface area contributed by atoms with Crippen LogP contribution in [0, 0.1) is 11.8 Å². The summed E-state index contributed by atoms with van der Waals surface area (Å²) in [7, 11) is 1.63. The molecule has 4 nitrogen and oxygen atoms in total. The van der Waals surface area contributed by atoms with Crippen LogP contribution < -0.4 is 0 Å². The maximum atomic E-state index is 12.9. The maximum absolute atomic E-state index is 12.9. The summed E-state index contributed by atoms with van der Waals surface area (Å²) >= 11 is 0. The van der Waals surface area contributed by atoms with Gasteiger partial charge in [0.25, 0.3) is 0 Å². The lowest BCUT2D eigenvalue weighted by atomic mass is 9.84. The van der Waals surface area contributed by atoms with Gasteiger partial charge in [0.2, 0.25) is 11.8 Å². The molecule has 4 atom stereocenters. The standard InChI is InChI=1S/C21H20N2O2/c1-22-20(24)17-16-11-14-9-5-6-10-15(14)12-23(16)19(18(17)21(22)25)13-7-3-2-4-8-13/h2-10,16-19H,11-12H2,1H3/t16-,17?,18?,19+/m1/s1. The van der Waals surface area contributed by atoms with Crippen LogP contribution in [-0.2, 0) is 22.6 Å². The Bertz CT molecular complexity index is 863. The van der Waals surface area contributed by atoms with Gasteiger partial charge in [-0.05, 0) is 23.1 Å². The van der Waals surface area contributed by atoms with Crippen molar-refractivity contribution < 1.29 is 9.59 Å². The van der Waals surface area contributed by atoms with Gasteiger partial charge < -0.3 is 0 Å². The number of carbonyl (C=O) groups is 2. The first-order valence-electron chi connectivity index (χ1n) is 8.85. The molecule has 0 N–H and O–H groups in total. The van der Waals surface area contributed by atoms with E-state index >= 15 is 0 Å². The Kier molecular flexibility index (Phi) is 3.13. The van der Waals surface area contributed by atoms with Gasteiger partial charge in [0, 0.05) is 25.7 Å². The predicted molar refractivity (Wildman–Crippen MR) is 93.4 cm³/mol. The Labute approximate surface area is 147 Å². The van der Waals surface area contributed by atoms with Crippen molar-refractivity contribution in [3.05, 3.63) is 71.3 Å². The van der Waals surface area contributed by atoms with Crippen molar-refractivity contribution in [3.63, 3.8) is 0 Å². The quantitative estimate of drug-likeness (QED) is 0.753. The SMILES string of the molecule is CN1C(=O)C2C(C1=O)[C@H](c1ccccc1)N1Cc3ccccc3C[C@H]21. The number of amides is 2. The maximum Gasteiger partial charge on any atom is 0.234 e. The molecule has 2 fully saturated rings. The third-order valence-electron chi connectivity index (χ3n) is 6.20. The van der Waals surface area contributed by atoms with Crippen LogP contribution in [-0.4, -0.2) is 34.7 Å². The second kappa shape index (κ2) is 5.27. The first-order chi connectivity index (χ1) is 12.2. The third kappa shape index (κ3) is 1.97. The van der Waals surface area contributed by atoms with Crippen LogP contribution >= 0.6 is 0 Å². The molecule has 126 valence electrons. The molecule has 2 aromatic rings. The second-order valence-corrected chi connectivity index (χ2v) is 7.36.